The van der Waals surface area contributed by atoms with Crippen LogP contribution in [0.2, 0.25) is 0 Å². The molecule has 1 fully saturated rings. The van der Waals surface area contributed by atoms with Gasteiger partial charge in [-0.25, -0.2) is 17.6 Å². The van der Waals surface area contributed by atoms with Crippen LogP contribution >= 0.6 is 0 Å². The fraction of sp³-hybridized carbons (Fsp3) is 0.500. The van der Waals surface area contributed by atoms with E-state index in [1.165, 1.54) is 17.0 Å². The minimum Gasteiger partial charge on any atom is -0.441 e. The van der Waals surface area contributed by atoms with Gasteiger partial charge in [0.05, 0.1) is 4.90 Å². The summed E-state index contributed by atoms with van der Waals surface area (Å²) >= 11 is 0. The molecule has 2 aliphatic carbocycles. The molecule has 0 aliphatic heterocycles. The molecule has 1 amide bonds. The number of amides is 1. The molecule has 0 saturated heterocycles. The lowest BCUT2D eigenvalue weighted by Crippen LogP contribution is -2.51. The summed E-state index contributed by atoms with van der Waals surface area (Å²) in [7, 11) is -4.32. The Balaban J connectivity index is 1.98. The molecule has 3 rings (SSSR count). The first-order valence-electron chi connectivity index (χ1n) is 8.48. The van der Waals surface area contributed by atoms with Gasteiger partial charge in [0.25, 0.3) is 5.00 Å². The fourth-order valence-corrected chi connectivity index (χ4v) is 5.69. The molecule has 0 radical (unpaired) electrons. The van der Waals surface area contributed by atoms with Crippen molar-refractivity contribution in [2.75, 3.05) is 13.1 Å². The third kappa shape index (κ3) is 2.65. The summed E-state index contributed by atoms with van der Waals surface area (Å²) in [6.45, 7) is 4.40. The van der Waals surface area contributed by atoms with Gasteiger partial charge in [-0.1, -0.05) is 30.4 Å². The average Bonchev–Trinajstić information content (AvgIpc) is 3.19. The Hall–Kier alpha value is -1.89. The minimum absolute atomic E-state index is 0.0951. The maximum absolute atomic E-state index is 16.0. The molecule has 2 bridgehead atoms. The number of alkyl halides is 1. The molecule has 1 saturated carbocycles. The number of allylic oxidation sites excluding steroid dienone is 1. The van der Waals surface area contributed by atoms with Gasteiger partial charge < -0.3 is 9.64 Å². The largest absolute Gasteiger partial charge is 0.441 e. The van der Waals surface area contributed by atoms with E-state index < -0.39 is 38.9 Å². The number of hydrogen-bond acceptors (Lipinski definition) is 4. The van der Waals surface area contributed by atoms with Crippen LogP contribution in [0, 0.1) is 11.8 Å². The van der Waals surface area contributed by atoms with Crippen molar-refractivity contribution in [2.45, 2.75) is 36.3 Å². The second kappa shape index (κ2) is 6.44. The van der Waals surface area contributed by atoms with Crippen molar-refractivity contribution in [1.29, 1.82) is 0 Å². The van der Waals surface area contributed by atoms with Crippen LogP contribution in [-0.4, -0.2) is 43.6 Å². The first kappa shape index (κ1) is 17.9. The Labute approximate surface area is 147 Å². The van der Waals surface area contributed by atoms with Crippen LogP contribution in [0.25, 0.3) is 0 Å². The first-order chi connectivity index (χ1) is 11.9. The quantitative estimate of drug-likeness (QED) is 0.750. The number of ether oxygens (including phenoxy) is 1. The van der Waals surface area contributed by atoms with E-state index in [2.05, 4.69) is 0 Å². The Morgan fingerprint density at radius 3 is 2.48 bits per heavy atom. The molecule has 7 heteroatoms. The summed E-state index contributed by atoms with van der Waals surface area (Å²) in [6, 6.07) is 7.51. The zero-order valence-electron chi connectivity index (χ0n) is 14.3. The molecule has 136 valence electrons. The number of hydrogen-bond donors (Lipinski definition) is 0. The van der Waals surface area contributed by atoms with Crippen LogP contribution in [0.3, 0.4) is 0 Å². The molecular formula is C18H22FNO4S. The molecule has 2 aliphatic rings. The Bertz CT molecular complexity index is 776. The third-order valence-electron chi connectivity index (χ3n) is 5.11. The topological polar surface area (TPSA) is 63.7 Å². The standard InChI is InChI=1S/C18H22FNO4S/c1-3-20(4-2)17(21)24-16-13-10-11-14(12-13)18(16,19)25(22,23)15-8-6-5-7-9-15/h5-11,13-14,16H,3-4,12H2,1-2H3/t13-,14+,16-,18+/m1/s1. The van der Waals surface area contributed by atoms with Gasteiger partial charge in [0.1, 0.15) is 0 Å². The van der Waals surface area contributed by atoms with Crippen LogP contribution in [0.5, 0.6) is 0 Å². The Kier molecular flexibility index (Phi) is 4.62. The zero-order chi connectivity index (χ0) is 18.2. The van der Waals surface area contributed by atoms with Crippen LogP contribution < -0.4 is 0 Å². The number of carbonyl (C=O) groups excluding carboxylic acids is 1. The SMILES string of the molecule is CCN(CC)C(=O)O[C@@H]1[C@@H]2C=C[C@@H](C2)[C@]1(F)S(=O)(=O)c1ccccc1. The van der Waals surface area contributed by atoms with Gasteiger partial charge in [0.15, 0.2) is 6.10 Å². The number of nitrogens with zero attached hydrogens (tertiary/aromatic N) is 1. The monoisotopic (exact) mass is 367 g/mol. The number of halogens is 1. The van der Waals surface area contributed by atoms with Gasteiger partial charge in [-0.3, -0.25) is 0 Å². The van der Waals surface area contributed by atoms with E-state index in [-0.39, 0.29) is 4.90 Å². The first-order valence-corrected chi connectivity index (χ1v) is 9.97. The van der Waals surface area contributed by atoms with E-state index in [0.29, 0.717) is 19.5 Å². The zero-order valence-corrected chi connectivity index (χ0v) is 15.1. The summed E-state index contributed by atoms with van der Waals surface area (Å²) in [5.41, 5.74) is 0. The minimum atomic E-state index is -4.32. The molecule has 25 heavy (non-hydrogen) atoms. The smallest absolute Gasteiger partial charge is 0.410 e. The number of sulfone groups is 1. The molecular weight excluding hydrogens is 345 g/mol. The lowest BCUT2D eigenvalue weighted by molar-refractivity contribution is 0.000355. The second-order valence-corrected chi connectivity index (χ2v) is 8.49. The van der Waals surface area contributed by atoms with E-state index in [9.17, 15) is 13.2 Å². The molecule has 5 nitrogen and oxygen atoms in total. The van der Waals surface area contributed by atoms with E-state index in [1.54, 1.807) is 44.2 Å². The van der Waals surface area contributed by atoms with E-state index in [1.807, 2.05) is 0 Å². The highest BCUT2D eigenvalue weighted by atomic mass is 32.2. The van der Waals surface area contributed by atoms with Crippen molar-refractivity contribution in [3.8, 4) is 0 Å². The number of carbonyl (C=O) groups is 1. The summed E-state index contributed by atoms with van der Waals surface area (Å²) in [5.74, 6) is -1.23. The molecule has 0 aromatic heterocycles. The molecule has 0 heterocycles. The molecule has 1 aromatic rings. The van der Waals surface area contributed by atoms with Gasteiger partial charge in [-0.15, -0.1) is 0 Å². The van der Waals surface area contributed by atoms with Crippen molar-refractivity contribution < 1.29 is 22.3 Å². The highest BCUT2D eigenvalue weighted by molar-refractivity contribution is 7.92. The normalized spacial score (nSPS) is 30.4. The Morgan fingerprint density at radius 2 is 1.88 bits per heavy atom. The molecule has 0 spiro atoms. The van der Waals surface area contributed by atoms with Crippen molar-refractivity contribution >= 4 is 15.9 Å². The lowest BCUT2D eigenvalue weighted by Gasteiger charge is -2.34. The number of benzene rings is 1. The van der Waals surface area contributed by atoms with Gasteiger partial charge in [-0.2, -0.15) is 0 Å². The van der Waals surface area contributed by atoms with Crippen LogP contribution in [0.4, 0.5) is 9.18 Å². The van der Waals surface area contributed by atoms with Crippen LogP contribution in [-0.2, 0) is 14.6 Å². The molecule has 0 unspecified atom stereocenters. The van der Waals surface area contributed by atoms with Crippen molar-refractivity contribution in [3.05, 3.63) is 42.5 Å². The van der Waals surface area contributed by atoms with Crippen LogP contribution in [0.1, 0.15) is 20.3 Å². The number of rotatable bonds is 5. The maximum atomic E-state index is 16.0. The second-order valence-electron chi connectivity index (χ2n) is 6.38. The highest BCUT2D eigenvalue weighted by Crippen LogP contribution is 2.54. The van der Waals surface area contributed by atoms with E-state index in [4.69, 9.17) is 4.74 Å². The van der Waals surface area contributed by atoms with Crippen molar-refractivity contribution in [2.24, 2.45) is 11.8 Å². The van der Waals surface area contributed by atoms with Crippen LogP contribution in [0.15, 0.2) is 47.4 Å². The molecule has 4 atom stereocenters. The van der Waals surface area contributed by atoms with E-state index in [0.717, 1.165) is 0 Å². The predicted octanol–water partition coefficient (Wildman–Crippen LogP) is 3.18. The average molecular weight is 367 g/mol. The summed E-state index contributed by atoms with van der Waals surface area (Å²) in [5, 5.41) is -2.64. The Morgan fingerprint density at radius 1 is 1.24 bits per heavy atom. The van der Waals surface area contributed by atoms with Gasteiger partial charge in [0, 0.05) is 24.9 Å². The molecule has 1 aromatic carbocycles. The van der Waals surface area contributed by atoms with Gasteiger partial charge in [-0.05, 0) is 32.4 Å². The number of fused-ring (bicyclic) bond motifs is 2. The van der Waals surface area contributed by atoms with Gasteiger partial charge in [0.2, 0.25) is 9.84 Å². The highest BCUT2D eigenvalue weighted by Gasteiger charge is 2.67. The maximum Gasteiger partial charge on any atom is 0.410 e. The van der Waals surface area contributed by atoms with Gasteiger partial charge >= 0.3 is 6.09 Å². The summed E-state index contributed by atoms with van der Waals surface area (Å²) in [4.78, 5) is 13.6. The predicted molar refractivity (Wildman–Crippen MR) is 91.4 cm³/mol. The third-order valence-corrected chi connectivity index (χ3v) is 7.37. The van der Waals surface area contributed by atoms with E-state index >= 15 is 4.39 Å². The summed E-state index contributed by atoms with van der Waals surface area (Å²) < 4.78 is 47.5. The summed E-state index contributed by atoms with van der Waals surface area (Å²) in [6.07, 6.45) is 1.66. The van der Waals surface area contributed by atoms with Crippen molar-refractivity contribution in [1.82, 2.24) is 4.90 Å². The fourth-order valence-electron chi connectivity index (χ4n) is 3.71. The lowest BCUT2D eigenvalue weighted by atomic mass is 10.0. The van der Waals surface area contributed by atoms with Crippen molar-refractivity contribution in [3.63, 3.8) is 0 Å². The molecule has 0 N–H and O–H groups in total.